The number of morpholine rings is 1. The Morgan fingerprint density at radius 1 is 1.40 bits per heavy atom. The smallest absolute Gasteiger partial charge is 0.265 e. The van der Waals surface area contributed by atoms with E-state index in [1.165, 1.54) is 10.4 Å². The van der Waals surface area contributed by atoms with Crippen molar-refractivity contribution in [3.8, 4) is 0 Å². The largest absolute Gasteiger partial charge is 0.379 e. The van der Waals surface area contributed by atoms with E-state index in [-0.39, 0.29) is 21.7 Å². The van der Waals surface area contributed by atoms with Gasteiger partial charge in [-0.3, -0.25) is 4.79 Å². The van der Waals surface area contributed by atoms with Gasteiger partial charge in [0.05, 0.1) is 13.2 Å². The van der Waals surface area contributed by atoms with Crippen LogP contribution in [0.25, 0.3) is 0 Å². The summed E-state index contributed by atoms with van der Waals surface area (Å²) in [5.41, 5.74) is 6.03. The summed E-state index contributed by atoms with van der Waals surface area (Å²) in [5, 5.41) is 1.65. The summed E-state index contributed by atoms with van der Waals surface area (Å²) in [4.78, 5) is 14.6. The Hall–Kier alpha value is -1.00. The molecule has 2 heterocycles. The minimum Gasteiger partial charge on any atom is -0.379 e. The average molecular weight is 390 g/mol. The third kappa shape index (κ3) is 4.79. The van der Waals surface area contributed by atoms with E-state index < -0.39 is 10.0 Å². The SMILES string of the molecule is CC(C)C(N)CCN(C)C(=O)c1sccc1S(=O)(=O)N1CCOCC1. The molecule has 2 rings (SSSR count). The molecule has 1 fully saturated rings. The van der Waals surface area contributed by atoms with Crippen molar-refractivity contribution in [3.63, 3.8) is 0 Å². The lowest BCUT2D eigenvalue weighted by atomic mass is 10.0. The van der Waals surface area contributed by atoms with Gasteiger partial charge in [0.2, 0.25) is 10.0 Å². The lowest BCUT2D eigenvalue weighted by Crippen LogP contribution is -2.41. The van der Waals surface area contributed by atoms with Gasteiger partial charge in [-0.15, -0.1) is 11.3 Å². The molecular weight excluding hydrogens is 362 g/mol. The van der Waals surface area contributed by atoms with Crippen LogP contribution in [0.1, 0.15) is 29.9 Å². The second kappa shape index (κ2) is 8.59. The minimum absolute atomic E-state index is 0.00939. The quantitative estimate of drug-likeness (QED) is 0.757. The predicted molar refractivity (Wildman–Crippen MR) is 98.3 cm³/mol. The van der Waals surface area contributed by atoms with Gasteiger partial charge < -0.3 is 15.4 Å². The summed E-state index contributed by atoms with van der Waals surface area (Å²) >= 11 is 1.16. The maximum Gasteiger partial charge on any atom is 0.265 e. The monoisotopic (exact) mass is 389 g/mol. The third-order valence-electron chi connectivity index (χ3n) is 4.41. The normalized spacial score (nSPS) is 17.6. The van der Waals surface area contributed by atoms with Crippen LogP contribution >= 0.6 is 11.3 Å². The van der Waals surface area contributed by atoms with Crippen LogP contribution in [0.15, 0.2) is 16.3 Å². The van der Waals surface area contributed by atoms with E-state index in [1.54, 1.807) is 17.3 Å². The fourth-order valence-corrected chi connectivity index (χ4v) is 5.33. The number of rotatable bonds is 7. The van der Waals surface area contributed by atoms with Crippen molar-refractivity contribution < 1.29 is 17.9 Å². The highest BCUT2D eigenvalue weighted by atomic mass is 32.2. The zero-order valence-corrected chi connectivity index (χ0v) is 16.6. The molecule has 1 aromatic rings. The molecule has 1 unspecified atom stereocenters. The molecule has 2 N–H and O–H groups in total. The summed E-state index contributed by atoms with van der Waals surface area (Å²) in [5.74, 6) is 0.0558. The molecule has 1 aromatic heterocycles. The lowest BCUT2D eigenvalue weighted by molar-refractivity contribution is 0.0728. The van der Waals surface area contributed by atoms with Gasteiger partial charge in [0, 0.05) is 32.7 Å². The van der Waals surface area contributed by atoms with Crippen molar-refractivity contribution >= 4 is 27.3 Å². The van der Waals surface area contributed by atoms with Crippen LogP contribution in [-0.4, -0.2) is 69.5 Å². The van der Waals surface area contributed by atoms with Crippen LogP contribution in [-0.2, 0) is 14.8 Å². The molecule has 1 amide bonds. The Labute approximate surface area is 153 Å². The number of carbonyl (C=O) groups is 1. The van der Waals surface area contributed by atoms with E-state index in [0.717, 1.165) is 11.3 Å². The molecule has 0 bridgehead atoms. The first-order valence-electron chi connectivity index (χ1n) is 8.41. The van der Waals surface area contributed by atoms with Gasteiger partial charge >= 0.3 is 0 Å². The number of amides is 1. The Balaban J connectivity index is 2.13. The van der Waals surface area contributed by atoms with E-state index in [2.05, 4.69) is 0 Å². The van der Waals surface area contributed by atoms with Crippen molar-refractivity contribution in [2.45, 2.75) is 31.2 Å². The topological polar surface area (TPSA) is 92.9 Å². The average Bonchev–Trinajstić information content (AvgIpc) is 3.09. The highest BCUT2D eigenvalue weighted by molar-refractivity contribution is 7.89. The molecule has 7 nitrogen and oxygen atoms in total. The number of carbonyl (C=O) groups excluding carboxylic acids is 1. The van der Waals surface area contributed by atoms with Crippen LogP contribution in [0.2, 0.25) is 0 Å². The second-order valence-electron chi connectivity index (χ2n) is 6.55. The fourth-order valence-electron chi connectivity index (χ4n) is 2.53. The first-order valence-corrected chi connectivity index (χ1v) is 10.7. The van der Waals surface area contributed by atoms with Gasteiger partial charge in [0.15, 0.2) is 0 Å². The van der Waals surface area contributed by atoms with Crippen LogP contribution in [0, 0.1) is 5.92 Å². The second-order valence-corrected chi connectivity index (χ2v) is 9.38. The van der Waals surface area contributed by atoms with Crippen molar-refractivity contribution in [1.29, 1.82) is 0 Å². The molecule has 1 aliphatic heterocycles. The molecule has 0 radical (unpaired) electrons. The van der Waals surface area contributed by atoms with Crippen molar-refractivity contribution in [1.82, 2.24) is 9.21 Å². The zero-order valence-electron chi connectivity index (χ0n) is 15.0. The Morgan fingerprint density at radius 2 is 2.04 bits per heavy atom. The van der Waals surface area contributed by atoms with Crippen LogP contribution in [0.3, 0.4) is 0 Å². The van der Waals surface area contributed by atoms with Gasteiger partial charge in [0.1, 0.15) is 9.77 Å². The molecule has 0 aliphatic carbocycles. The first kappa shape index (κ1) is 20.3. The highest BCUT2D eigenvalue weighted by Crippen LogP contribution is 2.27. The number of hydrogen-bond acceptors (Lipinski definition) is 6. The lowest BCUT2D eigenvalue weighted by Gasteiger charge is -2.26. The Bertz CT molecular complexity index is 681. The number of sulfonamides is 1. The minimum atomic E-state index is -3.68. The summed E-state index contributed by atoms with van der Waals surface area (Å²) in [6, 6.07) is 1.52. The molecule has 0 aromatic carbocycles. The van der Waals surface area contributed by atoms with Crippen molar-refractivity contribution in [2.75, 3.05) is 39.9 Å². The van der Waals surface area contributed by atoms with E-state index in [9.17, 15) is 13.2 Å². The standard InChI is InChI=1S/C16H27N3O4S2/c1-12(2)13(17)4-6-18(3)16(20)15-14(5-11-24-15)25(21,22)19-7-9-23-10-8-19/h5,11-13H,4,6-10,17H2,1-3H3. The van der Waals surface area contributed by atoms with E-state index in [4.69, 9.17) is 10.5 Å². The van der Waals surface area contributed by atoms with Crippen LogP contribution in [0.5, 0.6) is 0 Å². The Kier molecular flexibility index (Phi) is 6.98. The van der Waals surface area contributed by atoms with E-state index in [1.807, 2.05) is 13.8 Å². The molecule has 1 atom stereocenters. The number of nitrogens with two attached hydrogens (primary N) is 1. The predicted octanol–water partition coefficient (Wildman–Crippen LogP) is 1.21. The van der Waals surface area contributed by atoms with Gasteiger partial charge in [-0.25, -0.2) is 8.42 Å². The zero-order chi connectivity index (χ0) is 18.6. The molecule has 25 heavy (non-hydrogen) atoms. The molecule has 1 saturated heterocycles. The first-order chi connectivity index (χ1) is 11.7. The maximum atomic E-state index is 12.8. The molecule has 1 aliphatic rings. The molecule has 0 spiro atoms. The molecule has 0 saturated carbocycles. The third-order valence-corrected chi connectivity index (χ3v) is 7.38. The molecule has 142 valence electrons. The van der Waals surface area contributed by atoms with Crippen molar-refractivity contribution in [3.05, 3.63) is 16.3 Å². The summed E-state index contributed by atoms with van der Waals surface area (Å²) in [6.07, 6.45) is 0.677. The summed E-state index contributed by atoms with van der Waals surface area (Å²) in [6.45, 7) is 5.94. The number of thiophene rings is 1. The van der Waals surface area contributed by atoms with Crippen molar-refractivity contribution in [2.24, 2.45) is 11.7 Å². The van der Waals surface area contributed by atoms with Gasteiger partial charge in [-0.1, -0.05) is 13.8 Å². The molecule has 9 heteroatoms. The highest BCUT2D eigenvalue weighted by Gasteiger charge is 2.32. The van der Waals surface area contributed by atoms with E-state index >= 15 is 0 Å². The number of ether oxygens (including phenoxy) is 1. The number of nitrogens with zero attached hydrogens (tertiary/aromatic N) is 2. The maximum absolute atomic E-state index is 12.8. The fraction of sp³-hybridized carbons (Fsp3) is 0.688. The van der Waals surface area contributed by atoms with Gasteiger partial charge in [-0.2, -0.15) is 4.31 Å². The number of hydrogen-bond donors (Lipinski definition) is 1. The van der Waals surface area contributed by atoms with Crippen LogP contribution in [0.4, 0.5) is 0 Å². The summed E-state index contributed by atoms with van der Waals surface area (Å²) < 4.78 is 32.3. The summed E-state index contributed by atoms with van der Waals surface area (Å²) in [7, 11) is -2.00. The van der Waals surface area contributed by atoms with E-state index in [0.29, 0.717) is 45.2 Å². The van der Waals surface area contributed by atoms with Gasteiger partial charge in [-0.05, 0) is 23.8 Å². The molecular formula is C16H27N3O4S2. The van der Waals surface area contributed by atoms with Gasteiger partial charge in [0.25, 0.3) is 5.91 Å². The Morgan fingerprint density at radius 3 is 2.64 bits per heavy atom. The van der Waals surface area contributed by atoms with Crippen LogP contribution < -0.4 is 5.73 Å².